The van der Waals surface area contributed by atoms with E-state index in [1.165, 1.54) is 4.31 Å². The Kier molecular flexibility index (Phi) is 3.92. The molecule has 6 nitrogen and oxygen atoms in total. The molecule has 0 radical (unpaired) electrons. The Morgan fingerprint density at radius 3 is 2.57 bits per heavy atom. The Bertz CT molecular complexity index is 766. The van der Waals surface area contributed by atoms with Gasteiger partial charge in [0, 0.05) is 25.0 Å². The van der Waals surface area contributed by atoms with E-state index in [0.29, 0.717) is 31.2 Å². The molecule has 0 aliphatic carbocycles. The van der Waals surface area contributed by atoms with Crippen molar-refractivity contribution in [3.8, 4) is 0 Å². The van der Waals surface area contributed by atoms with Gasteiger partial charge < -0.3 is 9.64 Å². The van der Waals surface area contributed by atoms with Crippen molar-refractivity contribution in [2.45, 2.75) is 4.90 Å². The van der Waals surface area contributed by atoms with Gasteiger partial charge in [0.2, 0.25) is 10.0 Å². The zero-order valence-electron chi connectivity index (χ0n) is 12.5. The van der Waals surface area contributed by atoms with Crippen LogP contribution >= 0.6 is 11.8 Å². The fourth-order valence-corrected chi connectivity index (χ4v) is 5.25. The summed E-state index contributed by atoms with van der Waals surface area (Å²) >= 11 is 1.62. The number of amidine groups is 1. The smallest absolute Gasteiger partial charge is 0.243 e. The molecule has 0 spiro atoms. The van der Waals surface area contributed by atoms with Crippen molar-refractivity contribution in [2.75, 3.05) is 39.4 Å². The summed E-state index contributed by atoms with van der Waals surface area (Å²) in [6, 6.07) is 7.13. The Hall–Kier alpha value is -1.35. The molecule has 4 rings (SSSR count). The summed E-state index contributed by atoms with van der Waals surface area (Å²) < 4.78 is 32.0. The number of fused-ring (bicyclic) bond motifs is 1. The van der Waals surface area contributed by atoms with Gasteiger partial charge in [-0.15, -0.1) is 0 Å². The topological polar surface area (TPSA) is 62.2 Å². The molecule has 0 unspecified atom stereocenters. The predicted octanol–water partition coefficient (Wildman–Crippen LogP) is 1.42. The highest BCUT2D eigenvalue weighted by atomic mass is 32.2. The van der Waals surface area contributed by atoms with Gasteiger partial charge in [0.05, 0.1) is 30.4 Å². The van der Waals surface area contributed by atoms with Gasteiger partial charge in [-0.3, -0.25) is 4.99 Å². The second-order valence-electron chi connectivity index (χ2n) is 5.48. The van der Waals surface area contributed by atoms with Gasteiger partial charge in [0.15, 0.2) is 5.17 Å². The summed E-state index contributed by atoms with van der Waals surface area (Å²) in [4.78, 5) is 6.94. The normalized spacial score (nSPS) is 22.0. The van der Waals surface area contributed by atoms with Crippen LogP contribution in [0.4, 0.5) is 0 Å². The van der Waals surface area contributed by atoms with Crippen molar-refractivity contribution in [3.63, 3.8) is 0 Å². The maximum Gasteiger partial charge on any atom is 0.243 e. The molecule has 0 aromatic heterocycles. The fraction of sp³-hybridized carbons (Fsp3) is 0.400. The van der Waals surface area contributed by atoms with Gasteiger partial charge in [0.25, 0.3) is 0 Å². The van der Waals surface area contributed by atoms with E-state index in [2.05, 4.69) is 15.3 Å². The van der Waals surface area contributed by atoms with Crippen molar-refractivity contribution >= 4 is 32.6 Å². The standard InChI is InChI=1S/C15H17N3O3S2/c19-23(20,17-7-9-21-10-8-17)13-3-1-12(2-4-13)14-11-22-15-16-5-6-18(14)15/h1-4,11H,5-10H2. The quantitative estimate of drug-likeness (QED) is 0.824. The van der Waals surface area contributed by atoms with Crippen molar-refractivity contribution in [2.24, 2.45) is 4.99 Å². The first-order chi connectivity index (χ1) is 11.2. The van der Waals surface area contributed by atoms with Gasteiger partial charge in [-0.2, -0.15) is 4.31 Å². The van der Waals surface area contributed by atoms with Gasteiger partial charge in [0.1, 0.15) is 0 Å². The molecule has 122 valence electrons. The minimum Gasteiger partial charge on any atom is -0.379 e. The first-order valence-corrected chi connectivity index (χ1v) is 9.85. The van der Waals surface area contributed by atoms with Crippen LogP contribution < -0.4 is 0 Å². The summed E-state index contributed by atoms with van der Waals surface area (Å²) in [5.74, 6) is 0. The lowest BCUT2D eigenvalue weighted by Crippen LogP contribution is -2.40. The van der Waals surface area contributed by atoms with Crippen LogP contribution in [-0.4, -0.2) is 62.2 Å². The number of nitrogens with zero attached hydrogens (tertiary/aromatic N) is 3. The van der Waals surface area contributed by atoms with E-state index in [4.69, 9.17) is 4.74 Å². The maximum absolute atomic E-state index is 12.6. The number of hydrogen-bond donors (Lipinski definition) is 0. The highest BCUT2D eigenvalue weighted by molar-refractivity contribution is 8.16. The van der Waals surface area contributed by atoms with Crippen molar-refractivity contribution < 1.29 is 13.2 Å². The van der Waals surface area contributed by atoms with Gasteiger partial charge >= 0.3 is 0 Å². The molecule has 23 heavy (non-hydrogen) atoms. The van der Waals surface area contributed by atoms with E-state index in [1.807, 2.05) is 12.1 Å². The Morgan fingerprint density at radius 2 is 1.83 bits per heavy atom. The number of thioether (sulfide) groups is 1. The fourth-order valence-electron chi connectivity index (χ4n) is 2.88. The van der Waals surface area contributed by atoms with Crippen molar-refractivity contribution in [3.05, 3.63) is 35.2 Å². The lowest BCUT2D eigenvalue weighted by Gasteiger charge is -2.26. The Morgan fingerprint density at radius 1 is 1.09 bits per heavy atom. The van der Waals surface area contributed by atoms with Crippen LogP contribution in [0.3, 0.4) is 0 Å². The number of morpholine rings is 1. The van der Waals surface area contributed by atoms with Crippen LogP contribution in [0, 0.1) is 0 Å². The summed E-state index contributed by atoms with van der Waals surface area (Å²) in [7, 11) is -3.43. The SMILES string of the molecule is O=S(=O)(c1ccc(C2=CSC3=NCCN23)cc1)N1CCOCC1. The van der Waals surface area contributed by atoms with Gasteiger partial charge in [-0.1, -0.05) is 23.9 Å². The third-order valence-electron chi connectivity index (χ3n) is 4.13. The first-order valence-electron chi connectivity index (χ1n) is 7.53. The molecule has 1 fully saturated rings. The number of hydrogen-bond acceptors (Lipinski definition) is 6. The van der Waals surface area contributed by atoms with E-state index in [1.54, 1.807) is 23.9 Å². The highest BCUT2D eigenvalue weighted by Gasteiger charge is 2.29. The van der Waals surface area contributed by atoms with E-state index in [-0.39, 0.29) is 0 Å². The van der Waals surface area contributed by atoms with Gasteiger partial charge in [-0.25, -0.2) is 8.42 Å². The van der Waals surface area contributed by atoms with Crippen LogP contribution in [0.2, 0.25) is 0 Å². The molecule has 0 saturated carbocycles. The first kappa shape index (κ1) is 15.2. The highest BCUT2D eigenvalue weighted by Crippen LogP contribution is 2.35. The molecule has 1 aromatic rings. The minimum absolute atomic E-state index is 0.338. The van der Waals surface area contributed by atoms with E-state index < -0.39 is 10.0 Å². The molecule has 3 aliphatic heterocycles. The molecule has 8 heteroatoms. The summed E-state index contributed by atoms with van der Waals surface area (Å²) in [5, 5.41) is 3.11. The zero-order valence-corrected chi connectivity index (χ0v) is 14.1. The molecule has 1 aromatic carbocycles. The molecular formula is C15H17N3O3S2. The molecule has 0 atom stereocenters. The third kappa shape index (κ3) is 2.69. The summed E-state index contributed by atoms with van der Waals surface area (Å²) in [6.07, 6.45) is 0. The van der Waals surface area contributed by atoms with E-state index >= 15 is 0 Å². The third-order valence-corrected chi connectivity index (χ3v) is 6.94. The Labute approximate surface area is 139 Å². The molecule has 1 saturated heterocycles. The average molecular weight is 351 g/mol. The number of benzene rings is 1. The molecule has 0 bridgehead atoms. The number of sulfonamides is 1. The molecular weight excluding hydrogens is 334 g/mol. The Balaban J connectivity index is 1.57. The second-order valence-corrected chi connectivity index (χ2v) is 8.25. The van der Waals surface area contributed by atoms with Crippen molar-refractivity contribution in [1.82, 2.24) is 9.21 Å². The van der Waals surface area contributed by atoms with E-state index in [0.717, 1.165) is 29.5 Å². The molecule has 3 heterocycles. The molecule has 3 aliphatic rings. The second kappa shape index (κ2) is 5.94. The maximum atomic E-state index is 12.6. The summed E-state index contributed by atoms with van der Waals surface area (Å²) in [5.41, 5.74) is 2.12. The minimum atomic E-state index is -3.43. The predicted molar refractivity (Wildman–Crippen MR) is 90.6 cm³/mol. The number of rotatable bonds is 3. The lowest BCUT2D eigenvalue weighted by molar-refractivity contribution is 0.0730. The lowest BCUT2D eigenvalue weighted by atomic mass is 10.1. The van der Waals surface area contributed by atoms with Crippen LogP contribution in [0.1, 0.15) is 5.56 Å². The monoisotopic (exact) mass is 351 g/mol. The summed E-state index contributed by atoms with van der Waals surface area (Å²) in [6.45, 7) is 3.46. The van der Waals surface area contributed by atoms with E-state index in [9.17, 15) is 8.42 Å². The van der Waals surface area contributed by atoms with Crippen LogP contribution in [0.15, 0.2) is 39.6 Å². The average Bonchev–Trinajstić information content (AvgIpc) is 3.19. The number of ether oxygens (including phenoxy) is 1. The zero-order chi connectivity index (χ0) is 15.9. The number of aliphatic imine (C=N–C) groups is 1. The molecule has 0 amide bonds. The van der Waals surface area contributed by atoms with Crippen molar-refractivity contribution in [1.29, 1.82) is 0 Å². The molecule has 0 N–H and O–H groups in total. The van der Waals surface area contributed by atoms with Gasteiger partial charge in [-0.05, 0) is 17.7 Å². The van der Waals surface area contributed by atoms with Crippen LogP contribution in [-0.2, 0) is 14.8 Å². The van der Waals surface area contributed by atoms with Crippen LogP contribution in [0.25, 0.3) is 5.70 Å². The van der Waals surface area contributed by atoms with Crippen LogP contribution in [0.5, 0.6) is 0 Å². The largest absolute Gasteiger partial charge is 0.379 e.